The predicted octanol–water partition coefficient (Wildman–Crippen LogP) is 0.679. The van der Waals surface area contributed by atoms with Crippen LogP contribution in [0.5, 0.6) is 5.88 Å². The fourth-order valence-electron chi connectivity index (χ4n) is 3.29. The van der Waals surface area contributed by atoms with E-state index < -0.39 is 17.1 Å². The molecule has 10 heteroatoms. The van der Waals surface area contributed by atoms with Crippen LogP contribution in [0.4, 0.5) is 11.4 Å². The topological polar surface area (TPSA) is 150 Å². The molecular formula is C17H18N6O4. The van der Waals surface area contributed by atoms with Crippen LogP contribution in [0.2, 0.25) is 0 Å². The molecule has 1 fully saturated rings. The summed E-state index contributed by atoms with van der Waals surface area (Å²) in [5.74, 6) is -0.553. The van der Waals surface area contributed by atoms with Gasteiger partial charge in [-0.2, -0.15) is 0 Å². The number of H-pyrrole nitrogens is 4. The molecule has 3 heterocycles. The van der Waals surface area contributed by atoms with Crippen LogP contribution in [0.15, 0.2) is 31.5 Å². The molecule has 10 nitrogen and oxygen atoms in total. The van der Waals surface area contributed by atoms with Crippen molar-refractivity contribution in [1.82, 2.24) is 19.9 Å². The van der Waals surface area contributed by atoms with Gasteiger partial charge in [0, 0.05) is 19.3 Å². The highest BCUT2D eigenvalue weighted by Crippen LogP contribution is 2.33. The van der Waals surface area contributed by atoms with Gasteiger partial charge in [-0.05, 0) is 31.4 Å². The Morgan fingerprint density at radius 2 is 1.59 bits per heavy atom. The second-order valence-corrected chi connectivity index (χ2v) is 6.44. The number of aliphatic imine (C=N–C) groups is 1. The molecule has 0 radical (unpaired) electrons. The number of aromatic hydroxyl groups is 1. The summed E-state index contributed by atoms with van der Waals surface area (Å²) >= 11 is 0. The summed E-state index contributed by atoms with van der Waals surface area (Å²) < 4.78 is 0. The van der Waals surface area contributed by atoms with Crippen molar-refractivity contribution < 1.29 is 5.11 Å². The first-order valence-corrected chi connectivity index (χ1v) is 8.62. The third-order valence-corrected chi connectivity index (χ3v) is 4.60. The summed E-state index contributed by atoms with van der Waals surface area (Å²) in [5, 5.41) is 9.81. The molecule has 1 aliphatic heterocycles. The number of aromatic nitrogens is 4. The van der Waals surface area contributed by atoms with Crippen molar-refractivity contribution in [2.24, 2.45) is 4.99 Å². The molecule has 4 rings (SSSR count). The van der Waals surface area contributed by atoms with Crippen molar-refractivity contribution in [3.8, 4) is 5.88 Å². The van der Waals surface area contributed by atoms with Crippen molar-refractivity contribution in [1.29, 1.82) is 0 Å². The summed E-state index contributed by atoms with van der Waals surface area (Å²) in [5.41, 5.74) is 0.633. The maximum Gasteiger partial charge on any atom is 0.328 e. The van der Waals surface area contributed by atoms with Gasteiger partial charge in [-0.25, -0.2) is 9.59 Å². The van der Waals surface area contributed by atoms with E-state index in [2.05, 4.69) is 24.8 Å². The number of benzene rings is 1. The van der Waals surface area contributed by atoms with Crippen molar-refractivity contribution in [3.63, 3.8) is 0 Å². The molecule has 1 aliphatic rings. The molecule has 1 saturated heterocycles. The molecule has 1 aromatic carbocycles. The second-order valence-electron chi connectivity index (χ2n) is 6.44. The summed E-state index contributed by atoms with van der Waals surface area (Å²) in [6, 6.07) is 3.56. The second kappa shape index (κ2) is 6.63. The van der Waals surface area contributed by atoms with Gasteiger partial charge in [-0.15, -0.1) is 0 Å². The largest absolute Gasteiger partial charge is 0.494 e. The molecule has 0 spiro atoms. The average molecular weight is 370 g/mol. The Morgan fingerprint density at radius 3 is 2.30 bits per heavy atom. The average Bonchev–Trinajstić information content (AvgIpc) is 2.99. The number of rotatable bonds is 3. The maximum absolute atomic E-state index is 11.9. The van der Waals surface area contributed by atoms with E-state index in [1.54, 1.807) is 6.07 Å². The first-order chi connectivity index (χ1) is 13.0. The van der Waals surface area contributed by atoms with Gasteiger partial charge in [-0.1, -0.05) is 0 Å². The first-order valence-electron chi connectivity index (χ1n) is 8.62. The van der Waals surface area contributed by atoms with Crippen LogP contribution in [0.1, 0.15) is 24.8 Å². The fraction of sp³-hybridized carbons (Fsp3) is 0.294. The summed E-state index contributed by atoms with van der Waals surface area (Å²) in [4.78, 5) is 50.8. The molecule has 0 atom stereocenters. The highest BCUT2D eigenvalue weighted by atomic mass is 16.3. The summed E-state index contributed by atoms with van der Waals surface area (Å²) in [6.07, 6.45) is 4.49. The highest BCUT2D eigenvalue weighted by Gasteiger charge is 2.16. The number of hydrogen-bond donors (Lipinski definition) is 5. The van der Waals surface area contributed by atoms with Gasteiger partial charge in [0.1, 0.15) is 5.56 Å². The maximum atomic E-state index is 11.9. The lowest BCUT2D eigenvalue weighted by Gasteiger charge is -2.29. The number of imidazole rings is 1. The first kappa shape index (κ1) is 16.9. The highest BCUT2D eigenvalue weighted by molar-refractivity contribution is 5.91. The van der Waals surface area contributed by atoms with Crippen LogP contribution in [-0.2, 0) is 0 Å². The van der Waals surface area contributed by atoms with Crippen LogP contribution in [0.25, 0.3) is 11.0 Å². The normalized spacial score (nSPS) is 15.0. The lowest BCUT2D eigenvalue weighted by atomic mass is 10.1. The molecule has 3 aromatic rings. The van der Waals surface area contributed by atoms with E-state index >= 15 is 0 Å². The zero-order chi connectivity index (χ0) is 19.0. The molecule has 5 N–H and O–H groups in total. The molecule has 0 saturated carbocycles. The standard InChI is InChI=1S/C17H18N6O4/c24-14-9(15(25)22-17(27)21-14)8-18-12-6-10-11(20-16(26)19-10)7-13(12)23-4-2-1-3-5-23/h6-8H,1-5H2,(H2,19,20,26)(H3,21,22,24,25,27). The number of nitrogens with one attached hydrogen (secondary N) is 4. The monoisotopic (exact) mass is 370 g/mol. The zero-order valence-electron chi connectivity index (χ0n) is 14.3. The van der Waals surface area contributed by atoms with Gasteiger partial charge in [0.2, 0.25) is 5.88 Å². The van der Waals surface area contributed by atoms with Crippen molar-refractivity contribution in [2.45, 2.75) is 19.3 Å². The Morgan fingerprint density at radius 1 is 0.926 bits per heavy atom. The third-order valence-electron chi connectivity index (χ3n) is 4.60. The molecule has 27 heavy (non-hydrogen) atoms. The van der Waals surface area contributed by atoms with E-state index in [1.165, 1.54) is 12.6 Å². The van der Waals surface area contributed by atoms with Crippen LogP contribution in [-0.4, -0.2) is 44.3 Å². The van der Waals surface area contributed by atoms with Crippen LogP contribution in [0.3, 0.4) is 0 Å². The molecule has 0 aliphatic carbocycles. The Hall–Kier alpha value is -3.56. The Labute approximate surface area is 151 Å². The number of piperidine rings is 1. The zero-order valence-corrected chi connectivity index (χ0v) is 14.3. The van der Waals surface area contributed by atoms with Gasteiger partial charge in [0.25, 0.3) is 5.56 Å². The minimum absolute atomic E-state index is 0.151. The molecule has 2 aromatic heterocycles. The van der Waals surface area contributed by atoms with Crippen LogP contribution in [0, 0.1) is 0 Å². The van der Waals surface area contributed by atoms with Crippen molar-refractivity contribution in [3.05, 3.63) is 49.0 Å². The third kappa shape index (κ3) is 3.28. The fourth-order valence-corrected chi connectivity index (χ4v) is 3.29. The van der Waals surface area contributed by atoms with E-state index in [9.17, 15) is 19.5 Å². The molecule has 140 valence electrons. The molecule has 0 amide bonds. The number of fused-ring (bicyclic) bond motifs is 1. The van der Waals surface area contributed by atoms with Gasteiger partial charge < -0.3 is 20.0 Å². The van der Waals surface area contributed by atoms with E-state index in [4.69, 9.17) is 0 Å². The van der Waals surface area contributed by atoms with Gasteiger partial charge >= 0.3 is 11.4 Å². The lowest BCUT2D eigenvalue weighted by Crippen LogP contribution is -2.29. The van der Waals surface area contributed by atoms with Gasteiger partial charge in [0.05, 0.1) is 22.4 Å². The predicted molar refractivity (Wildman–Crippen MR) is 102 cm³/mol. The van der Waals surface area contributed by atoms with Gasteiger partial charge in [-0.3, -0.25) is 19.8 Å². The Kier molecular flexibility index (Phi) is 4.15. The smallest absolute Gasteiger partial charge is 0.328 e. The van der Waals surface area contributed by atoms with Crippen LogP contribution >= 0.6 is 0 Å². The Bertz CT molecular complexity index is 1190. The lowest BCUT2D eigenvalue weighted by molar-refractivity contribution is 0.447. The number of hydrogen-bond acceptors (Lipinski definition) is 6. The Balaban J connectivity index is 1.83. The SMILES string of the molecule is O=c1[nH]c(O)c(C=Nc2cc3[nH]c(=O)[nH]c3cc2N2CCCCC2)c(=O)[nH]1. The summed E-state index contributed by atoms with van der Waals surface area (Å²) in [6.45, 7) is 1.74. The van der Waals surface area contributed by atoms with E-state index in [1.807, 2.05) is 11.1 Å². The number of anilines is 1. The number of nitrogens with zero attached hydrogens (tertiary/aromatic N) is 2. The molecule has 0 bridgehead atoms. The van der Waals surface area contributed by atoms with E-state index in [0.717, 1.165) is 31.6 Å². The minimum atomic E-state index is -0.796. The quantitative estimate of drug-likeness (QED) is 0.430. The summed E-state index contributed by atoms with van der Waals surface area (Å²) in [7, 11) is 0. The molecular weight excluding hydrogens is 352 g/mol. The van der Waals surface area contributed by atoms with Crippen molar-refractivity contribution >= 4 is 28.6 Å². The number of aromatic amines is 4. The minimum Gasteiger partial charge on any atom is -0.494 e. The van der Waals surface area contributed by atoms with E-state index in [0.29, 0.717) is 16.7 Å². The molecule has 0 unspecified atom stereocenters. The van der Waals surface area contributed by atoms with Crippen LogP contribution < -0.4 is 21.8 Å². The van der Waals surface area contributed by atoms with Crippen molar-refractivity contribution in [2.75, 3.05) is 18.0 Å². The van der Waals surface area contributed by atoms with E-state index in [-0.39, 0.29) is 11.3 Å². The van der Waals surface area contributed by atoms with Gasteiger partial charge in [0.15, 0.2) is 0 Å².